The molecule has 0 heterocycles. The molecule has 101 heavy (non-hydrogen) atoms. The highest BCUT2D eigenvalue weighted by Gasteiger charge is 2.30. The predicted molar refractivity (Wildman–Crippen MR) is 414 cm³/mol. The van der Waals surface area contributed by atoms with Crippen LogP contribution in [0.1, 0.15) is 427 Å². The third-order valence-corrected chi connectivity index (χ3v) is 21.0. The fraction of sp³-hybridized carbons (Fsp3) is 0.951. The van der Waals surface area contributed by atoms with Gasteiger partial charge in [-0.15, -0.1) is 0 Å². The van der Waals surface area contributed by atoms with Crippen LogP contribution < -0.4 is 0 Å². The Balaban J connectivity index is 5.21. The quantitative estimate of drug-likeness (QED) is 0.0222. The third-order valence-electron chi connectivity index (χ3n) is 19.1. The van der Waals surface area contributed by atoms with Gasteiger partial charge in [-0.3, -0.25) is 37.3 Å². The Morgan fingerprint density at radius 2 is 0.455 bits per heavy atom. The SMILES string of the molecule is CCCCCCCCCCCCCCCCCCCCCCCC(=O)O[C@H](COC(=O)CCCCCCCCCCCCCCCC(C)C)COP(=O)(O)OC[C@@H](O)COP(=O)(O)OC[C@@H](COC(=O)CCCCCCCCC(C)C)OC(=O)CCCCCCCCCCCCCCC(C)C. The van der Waals surface area contributed by atoms with Crippen LogP contribution in [0, 0.1) is 17.8 Å². The Labute approximate surface area is 619 Å². The molecule has 2 unspecified atom stereocenters. The van der Waals surface area contributed by atoms with Crippen molar-refractivity contribution in [2.75, 3.05) is 39.6 Å². The summed E-state index contributed by atoms with van der Waals surface area (Å²) in [6.07, 6.45) is 61.3. The summed E-state index contributed by atoms with van der Waals surface area (Å²) >= 11 is 0. The van der Waals surface area contributed by atoms with Crippen molar-refractivity contribution < 1.29 is 80.2 Å². The number of rotatable bonds is 80. The normalized spacial score (nSPS) is 14.0. The van der Waals surface area contributed by atoms with Gasteiger partial charge in [-0.05, 0) is 43.4 Å². The lowest BCUT2D eigenvalue weighted by Gasteiger charge is -2.21. The molecule has 0 fully saturated rings. The maximum Gasteiger partial charge on any atom is 0.472 e. The minimum absolute atomic E-state index is 0.106. The number of aliphatic hydroxyl groups is 1. The van der Waals surface area contributed by atoms with Crippen LogP contribution in [-0.4, -0.2) is 96.7 Å². The second kappa shape index (κ2) is 72.3. The zero-order chi connectivity index (χ0) is 74.4. The molecule has 0 aliphatic carbocycles. The summed E-state index contributed by atoms with van der Waals surface area (Å²) in [5, 5.41) is 10.6. The van der Waals surface area contributed by atoms with Crippen LogP contribution in [0.4, 0.5) is 0 Å². The van der Waals surface area contributed by atoms with Gasteiger partial charge < -0.3 is 33.8 Å². The number of hydrogen-bond acceptors (Lipinski definition) is 15. The highest BCUT2D eigenvalue weighted by Crippen LogP contribution is 2.45. The van der Waals surface area contributed by atoms with E-state index in [1.165, 1.54) is 231 Å². The summed E-state index contributed by atoms with van der Waals surface area (Å²) in [5.74, 6) is 0.134. The summed E-state index contributed by atoms with van der Waals surface area (Å²) in [6.45, 7) is 11.9. The summed E-state index contributed by atoms with van der Waals surface area (Å²) in [7, 11) is -9.92. The molecule has 0 aliphatic rings. The van der Waals surface area contributed by atoms with Gasteiger partial charge in [-0.2, -0.15) is 0 Å². The van der Waals surface area contributed by atoms with Gasteiger partial charge in [0.25, 0.3) is 0 Å². The van der Waals surface area contributed by atoms with Crippen molar-refractivity contribution in [3.63, 3.8) is 0 Å². The van der Waals surface area contributed by atoms with Crippen molar-refractivity contribution in [3.8, 4) is 0 Å². The van der Waals surface area contributed by atoms with E-state index < -0.39 is 97.5 Å². The van der Waals surface area contributed by atoms with Gasteiger partial charge in [0.05, 0.1) is 26.4 Å². The molecule has 0 saturated carbocycles. The Morgan fingerprint density at radius 1 is 0.267 bits per heavy atom. The standard InChI is InChI=1S/C82H160O17P2/c1-8-9-10-11-12-13-14-15-16-17-18-19-20-21-22-25-32-37-42-51-58-65-81(86)98-77(69-92-79(84)63-56-49-41-36-31-26-23-24-29-34-39-46-53-60-73(2)3)71-96-100(88,89)94-67-76(83)68-95-101(90,91)97-72-78(70-93-80(85)64-57-50-45-44-48-55-62-75(6)7)99-82(87)66-59-52-43-38-33-28-27-30-35-40-47-54-61-74(4)5/h73-78,83H,8-72H2,1-7H3,(H,88,89)(H,90,91)/t76-,77-,78-/m1/s1. The lowest BCUT2D eigenvalue weighted by atomic mass is 10.0. The first-order valence-corrected chi connectivity index (χ1v) is 45.3. The maximum absolute atomic E-state index is 13.1. The lowest BCUT2D eigenvalue weighted by Crippen LogP contribution is -2.30. The summed E-state index contributed by atoms with van der Waals surface area (Å²) in [6, 6.07) is 0. The first kappa shape index (κ1) is 99.1. The van der Waals surface area contributed by atoms with E-state index in [0.29, 0.717) is 31.6 Å². The smallest absolute Gasteiger partial charge is 0.462 e. The molecular formula is C82H160O17P2. The number of hydrogen-bond donors (Lipinski definition) is 3. The van der Waals surface area contributed by atoms with Gasteiger partial charge >= 0.3 is 39.5 Å². The zero-order valence-corrected chi connectivity index (χ0v) is 68.2. The van der Waals surface area contributed by atoms with Crippen LogP contribution in [0.5, 0.6) is 0 Å². The fourth-order valence-corrected chi connectivity index (χ4v) is 14.2. The van der Waals surface area contributed by atoms with Crippen LogP contribution in [0.15, 0.2) is 0 Å². The zero-order valence-electron chi connectivity index (χ0n) is 66.4. The van der Waals surface area contributed by atoms with E-state index in [-0.39, 0.29) is 25.7 Å². The molecular weight excluding hydrogens is 1320 g/mol. The fourth-order valence-electron chi connectivity index (χ4n) is 12.7. The van der Waals surface area contributed by atoms with E-state index in [9.17, 15) is 43.2 Å². The van der Waals surface area contributed by atoms with E-state index in [0.717, 1.165) is 108 Å². The highest BCUT2D eigenvalue weighted by molar-refractivity contribution is 7.47. The minimum Gasteiger partial charge on any atom is -0.462 e. The van der Waals surface area contributed by atoms with Gasteiger partial charge in [0.1, 0.15) is 19.3 Å². The number of carbonyl (C=O) groups excluding carboxylic acids is 4. The lowest BCUT2D eigenvalue weighted by molar-refractivity contribution is -0.161. The van der Waals surface area contributed by atoms with Crippen molar-refractivity contribution in [3.05, 3.63) is 0 Å². The molecule has 0 bridgehead atoms. The summed E-state index contributed by atoms with van der Waals surface area (Å²) in [5.41, 5.74) is 0. The molecule has 0 saturated heterocycles. The molecule has 0 amide bonds. The first-order chi connectivity index (χ1) is 48.7. The topological polar surface area (TPSA) is 237 Å². The molecule has 0 spiro atoms. The molecule has 17 nitrogen and oxygen atoms in total. The van der Waals surface area contributed by atoms with Crippen LogP contribution in [0.2, 0.25) is 0 Å². The Hall–Kier alpha value is -1.94. The molecule has 0 aromatic rings. The number of phosphoric acid groups is 2. The van der Waals surface area contributed by atoms with Crippen LogP contribution >= 0.6 is 15.6 Å². The molecule has 600 valence electrons. The molecule has 0 radical (unpaired) electrons. The number of aliphatic hydroxyl groups excluding tert-OH is 1. The van der Waals surface area contributed by atoms with Gasteiger partial charge in [-0.1, -0.05) is 376 Å². The van der Waals surface area contributed by atoms with Crippen LogP contribution in [-0.2, 0) is 65.4 Å². The number of ether oxygens (including phenoxy) is 4. The van der Waals surface area contributed by atoms with Crippen molar-refractivity contribution >= 4 is 39.5 Å². The largest absolute Gasteiger partial charge is 0.472 e. The van der Waals surface area contributed by atoms with Crippen molar-refractivity contribution in [2.24, 2.45) is 17.8 Å². The molecule has 3 N–H and O–H groups in total. The molecule has 19 heteroatoms. The Bertz CT molecular complexity index is 1960. The number of phosphoric ester groups is 2. The minimum atomic E-state index is -4.96. The molecule has 0 aromatic heterocycles. The second-order valence-corrected chi connectivity index (χ2v) is 33.8. The van der Waals surface area contributed by atoms with Gasteiger partial charge in [0.15, 0.2) is 12.2 Å². The van der Waals surface area contributed by atoms with Gasteiger partial charge in [-0.25, -0.2) is 9.13 Å². The van der Waals surface area contributed by atoms with E-state index in [1.807, 2.05) is 0 Å². The average molecular weight is 1480 g/mol. The second-order valence-electron chi connectivity index (χ2n) is 30.9. The van der Waals surface area contributed by atoms with E-state index in [4.69, 9.17) is 37.0 Å². The van der Waals surface area contributed by atoms with Crippen molar-refractivity contribution in [1.29, 1.82) is 0 Å². The Morgan fingerprint density at radius 3 is 0.673 bits per heavy atom. The highest BCUT2D eigenvalue weighted by atomic mass is 31.2. The third kappa shape index (κ3) is 76.1. The van der Waals surface area contributed by atoms with Crippen LogP contribution in [0.25, 0.3) is 0 Å². The maximum atomic E-state index is 13.1. The van der Waals surface area contributed by atoms with E-state index in [2.05, 4.69) is 48.5 Å². The Kier molecular flexibility index (Phi) is 70.9. The van der Waals surface area contributed by atoms with Crippen molar-refractivity contribution in [1.82, 2.24) is 0 Å². The summed E-state index contributed by atoms with van der Waals surface area (Å²) < 4.78 is 68.7. The first-order valence-electron chi connectivity index (χ1n) is 42.3. The molecule has 0 aliphatic heterocycles. The van der Waals surface area contributed by atoms with E-state index >= 15 is 0 Å². The molecule has 0 aromatic carbocycles. The van der Waals surface area contributed by atoms with Crippen LogP contribution in [0.3, 0.4) is 0 Å². The summed E-state index contributed by atoms with van der Waals surface area (Å²) in [4.78, 5) is 73.0. The molecule has 5 atom stereocenters. The number of esters is 4. The van der Waals surface area contributed by atoms with Gasteiger partial charge in [0.2, 0.25) is 0 Å². The average Bonchev–Trinajstić information content (AvgIpc) is 0.944. The number of unbranched alkanes of at least 4 members (excludes halogenated alkanes) is 48. The monoisotopic (exact) mass is 1480 g/mol. The van der Waals surface area contributed by atoms with Crippen molar-refractivity contribution in [2.45, 2.75) is 446 Å². The predicted octanol–water partition coefficient (Wildman–Crippen LogP) is 24.5. The van der Waals surface area contributed by atoms with E-state index in [1.54, 1.807) is 0 Å². The molecule has 0 rings (SSSR count). The van der Waals surface area contributed by atoms with Gasteiger partial charge in [0, 0.05) is 25.7 Å². The number of carbonyl (C=O) groups is 4.